The summed E-state index contributed by atoms with van der Waals surface area (Å²) in [5, 5.41) is 11.3. The first-order valence-electron chi connectivity index (χ1n) is 7.22. The number of nitrogens with zero attached hydrogens (tertiary/aromatic N) is 2. The SMILES string of the molecule is COC(=O)c1cc(N2C(=O)c3ccccc3C2=O)cc([N+](=O)[O-])c1C. The fourth-order valence-electron chi connectivity index (χ4n) is 2.75. The number of fused-ring (bicyclic) bond motifs is 1. The lowest BCUT2D eigenvalue weighted by Gasteiger charge is -2.16. The molecule has 2 aromatic rings. The fraction of sp³-hybridized carbons (Fsp3) is 0.118. The van der Waals surface area contributed by atoms with E-state index in [2.05, 4.69) is 4.74 Å². The van der Waals surface area contributed by atoms with Gasteiger partial charge in [0.1, 0.15) is 0 Å². The molecule has 0 saturated carbocycles. The molecule has 0 fully saturated rings. The van der Waals surface area contributed by atoms with Gasteiger partial charge in [0.05, 0.1) is 34.4 Å². The second kappa shape index (κ2) is 5.82. The van der Waals surface area contributed by atoms with E-state index in [1.54, 1.807) is 12.1 Å². The molecular weight excluding hydrogens is 328 g/mol. The van der Waals surface area contributed by atoms with Crippen LogP contribution >= 0.6 is 0 Å². The van der Waals surface area contributed by atoms with Crippen LogP contribution in [-0.4, -0.2) is 29.8 Å². The third-order valence-electron chi connectivity index (χ3n) is 4.02. The van der Waals surface area contributed by atoms with Gasteiger partial charge < -0.3 is 4.74 Å². The van der Waals surface area contributed by atoms with Crippen LogP contribution in [0, 0.1) is 17.0 Å². The van der Waals surface area contributed by atoms with E-state index in [9.17, 15) is 24.5 Å². The summed E-state index contributed by atoms with van der Waals surface area (Å²) in [6, 6.07) is 8.58. The van der Waals surface area contributed by atoms with Crippen LogP contribution < -0.4 is 4.90 Å². The summed E-state index contributed by atoms with van der Waals surface area (Å²) < 4.78 is 4.64. The third kappa shape index (κ3) is 2.44. The summed E-state index contributed by atoms with van der Waals surface area (Å²) in [5.41, 5.74) is -0.00971. The molecule has 0 bridgehead atoms. The summed E-state index contributed by atoms with van der Waals surface area (Å²) in [6.45, 7) is 1.40. The molecule has 8 nitrogen and oxygen atoms in total. The highest BCUT2D eigenvalue weighted by Gasteiger charge is 2.37. The Bertz CT molecular complexity index is 915. The first-order valence-corrected chi connectivity index (χ1v) is 7.22. The number of ether oxygens (including phenoxy) is 1. The van der Waals surface area contributed by atoms with E-state index in [-0.39, 0.29) is 33.6 Å². The molecule has 3 rings (SSSR count). The topological polar surface area (TPSA) is 107 Å². The molecule has 0 unspecified atom stereocenters. The van der Waals surface area contributed by atoms with Crippen LogP contribution in [0.1, 0.15) is 36.6 Å². The average Bonchev–Trinajstić information content (AvgIpc) is 2.86. The Kier molecular flexibility index (Phi) is 3.80. The number of nitro benzene ring substituents is 1. The molecule has 0 N–H and O–H groups in total. The minimum atomic E-state index is -0.793. The second-order valence-electron chi connectivity index (χ2n) is 5.38. The van der Waals surface area contributed by atoms with Crippen LogP contribution in [0.5, 0.6) is 0 Å². The van der Waals surface area contributed by atoms with Crippen molar-refractivity contribution in [3.63, 3.8) is 0 Å². The van der Waals surface area contributed by atoms with Crippen molar-refractivity contribution in [2.75, 3.05) is 12.0 Å². The smallest absolute Gasteiger partial charge is 0.338 e. The van der Waals surface area contributed by atoms with E-state index in [0.29, 0.717) is 0 Å². The molecule has 0 spiro atoms. The van der Waals surface area contributed by atoms with E-state index in [4.69, 9.17) is 0 Å². The van der Waals surface area contributed by atoms with Gasteiger partial charge in [0.25, 0.3) is 17.5 Å². The minimum absolute atomic E-state index is 0.0519. The van der Waals surface area contributed by atoms with Crippen LogP contribution in [0.2, 0.25) is 0 Å². The lowest BCUT2D eigenvalue weighted by atomic mass is 10.0. The largest absolute Gasteiger partial charge is 0.465 e. The molecule has 0 saturated heterocycles. The average molecular weight is 340 g/mol. The number of rotatable bonds is 3. The number of nitro groups is 1. The Labute approximate surface area is 141 Å². The monoisotopic (exact) mass is 340 g/mol. The molecule has 1 aliphatic heterocycles. The molecule has 8 heteroatoms. The van der Waals surface area contributed by atoms with Crippen molar-refractivity contribution in [3.05, 3.63) is 68.8 Å². The maximum atomic E-state index is 12.5. The number of carbonyl (C=O) groups excluding carboxylic acids is 3. The second-order valence-corrected chi connectivity index (χ2v) is 5.38. The predicted octanol–water partition coefficient (Wildman–Crippen LogP) is 2.49. The first kappa shape index (κ1) is 16.3. The molecule has 1 aliphatic rings. The van der Waals surface area contributed by atoms with Gasteiger partial charge in [-0.05, 0) is 25.1 Å². The highest BCUT2D eigenvalue weighted by atomic mass is 16.6. The number of esters is 1. The van der Waals surface area contributed by atoms with Crippen molar-refractivity contribution in [1.29, 1.82) is 0 Å². The van der Waals surface area contributed by atoms with Gasteiger partial charge in [-0.1, -0.05) is 12.1 Å². The summed E-state index contributed by atoms with van der Waals surface area (Å²) in [7, 11) is 1.14. The molecule has 1 heterocycles. The number of benzene rings is 2. The van der Waals surface area contributed by atoms with Crippen LogP contribution in [-0.2, 0) is 4.74 Å². The van der Waals surface area contributed by atoms with Gasteiger partial charge in [-0.2, -0.15) is 0 Å². The van der Waals surface area contributed by atoms with Gasteiger partial charge in [-0.25, -0.2) is 9.69 Å². The van der Waals surface area contributed by atoms with E-state index in [0.717, 1.165) is 18.1 Å². The van der Waals surface area contributed by atoms with Gasteiger partial charge in [-0.3, -0.25) is 19.7 Å². The summed E-state index contributed by atoms with van der Waals surface area (Å²) in [5.74, 6) is -2.00. The van der Waals surface area contributed by atoms with E-state index in [1.807, 2.05) is 0 Å². The zero-order chi connectivity index (χ0) is 18.3. The third-order valence-corrected chi connectivity index (χ3v) is 4.02. The Balaban J connectivity index is 2.20. The first-order chi connectivity index (χ1) is 11.9. The zero-order valence-electron chi connectivity index (χ0n) is 13.3. The van der Waals surface area contributed by atoms with Gasteiger partial charge in [0.15, 0.2) is 0 Å². The molecule has 0 aromatic heterocycles. The summed E-state index contributed by atoms with van der Waals surface area (Å²) in [4.78, 5) is 48.5. The molecule has 0 radical (unpaired) electrons. The van der Waals surface area contributed by atoms with Crippen LogP contribution in [0.15, 0.2) is 36.4 Å². The highest BCUT2D eigenvalue weighted by Crippen LogP contribution is 2.34. The maximum absolute atomic E-state index is 12.5. The zero-order valence-corrected chi connectivity index (χ0v) is 13.3. The number of imide groups is 1. The van der Waals surface area contributed by atoms with Crippen molar-refractivity contribution in [1.82, 2.24) is 0 Å². The lowest BCUT2D eigenvalue weighted by Crippen LogP contribution is -2.29. The number of carbonyl (C=O) groups is 3. The van der Waals surface area contributed by atoms with Gasteiger partial charge in [0, 0.05) is 11.6 Å². The lowest BCUT2D eigenvalue weighted by molar-refractivity contribution is -0.385. The fourth-order valence-corrected chi connectivity index (χ4v) is 2.75. The van der Waals surface area contributed by atoms with Crippen molar-refractivity contribution >= 4 is 29.2 Å². The normalized spacial score (nSPS) is 13.0. The Morgan fingerprint density at radius 2 is 1.68 bits per heavy atom. The van der Waals surface area contributed by atoms with E-state index >= 15 is 0 Å². The minimum Gasteiger partial charge on any atom is -0.465 e. The maximum Gasteiger partial charge on any atom is 0.338 e. The number of hydrogen-bond donors (Lipinski definition) is 0. The Hall–Kier alpha value is -3.55. The molecular formula is C17H12N2O6. The Morgan fingerprint density at radius 1 is 1.12 bits per heavy atom. The predicted molar refractivity (Wildman–Crippen MR) is 86.8 cm³/mol. The summed E-state index contributed by atoms with van der Waals surface area (Å²) in [6.07, 6.45) is 0. The highest BCUT2D eigenvalue weighted by molar-refractivity contribution is 6.34. The standard InChI is InChI=1S/C17H12N2O6/c1-9-13(17(22)25-2)7-10(8-14(9)19(23)24)18-15(20)11-5-3-4-6-12(11)16(18)21/h3-8H,1-2H3. The molecule has 0 aliphatic carbocycles. The number of amides is 2. The van der Waals surface area contributed by atoms with Gasteiger partial charge >= 0.3 is 5.97 Å². The number of hydrogen-bond acceptors (Lipinski definition) is 6. The summed E-state index contributed by atoms with van der Waals surface area (Å²) >= 11 is 0. The Morgan fingerprint density at radius 3 is 2.16 bits per heavy atom. The molecule has 2 amide bonds. The quantitative estimate of drug-likeness (QED) is 0.368. The van der Waals surface area contributed by atoms with Crippen LogP contribution in [0.25, 0.3) is 0 Å². The van der Waals surface area contributed by atoms with Crippen molar-refractivity contribution in [2.24, 2.45) is 0 Å². The molecule has 2 aromatic carbocycles. The molecule has 25 heavy (non-hydrogen) atoms. The van der Waals surface area contributed by atoms with Crippen molar-refractivity contribution < 1.29 is 24.0 Å². The van der Waals surface area contributed by atoms with Crippen molar-refractivity contribution in [2.45, 2.75) is 6.92 Å². The molecule has 126 valence electrons. The van der Waals surface area contributed by atoms with E-state index < -0.39 is 22.7 Å². The van der Waals surface area contributed by atoms with Crippen molar-refractivity contribution in [3.8, 4) is 0 Å². The van der Waals surface area contributed by atoms with Gasteiger partial charge in [0.2, 0.25) is 0 Å². The number of methoxy groups -OCH3 is 1. The molecule has 0 atom stereocenters. The van der Waals surface area contributed by atoms with Crippen LogP contribution in [0.3, 0.4) is 0 Å². The van der Waals surface area contributed by atoms with Gasteiger partial charge in [-0.15, -0.1) is 0 Å². The van der Waals surface area contributed by atoms with Crippen LogP contribution in [0.4, 0.5) is 11.4 Å². The number of anilines is 1. The van der Waals surface area contributed by atoms with E-state index in [1.165, 1.54) is 25.1 Å².